The van der Waals surface area contributed by atoms with E-state index in [9.17, 15) is 46.3 Å². The van der Waals surface area contributed by atoms with E-state index in [0.29, 0.717) is 18.9 Å². The van der Waals surface area contributed by atoms with E-state index in [1.807, 2.05) is 0 Å². The van der Waals surface area contributed by atoms with Crippen LogP contribution in [-0.4, -0.2) is 44.9 Å². The number of alkyl halides is 6. The third-order valence-electron chi connectivity index (χ3n) is 7.54. The van der Waals surface area contributed by atoms with Gasteiger partial charge in [0, 0.05) is 18.9 Å². The Labute approximate surface area is 264 Å². The summed E-state index contributed by atoms with van der Waals surface area (Å²) < 4.78 is 87.4. The first-order valence-corrected chi connectivity index (χ1v) is 14.4. The number of fused-ring (bicyclic) bond motifs is 1. The van der Waals surface area contributed by atoms with Crippen molar-refractivity contribution in [3.05, 3.63) is 76.1 Å². The van der Waals surface area contributed by atoms with Crippen LogP contribution in [0.15, 0.2) is 42.6 Å². The van der Waals surface area contributed by atoms with Crippen LogP contribution in [0.3, 0.4) is 0 Å². The van der Waals surface area contributed by atoms with E-state index in [2.05, 4.69) is 15.3 Å². The molecule has 1 aliphatic heterocycles. The summed E-state index contributed by atoms with van der Waals surface area (Å²) >= 11 is 0. The summed E-state index contributed by atoms with van der Waals surface area (Å²) in [7, 11) is 0. The molecule has 0 saturated carbocycles. The third-order valence-corrected chi connectivity index (χ3v) is 7.54. The van der Waals surface area contributed by atoms with Crippen molar-refractivity contribution in [3.8, 4) is 11.8 Å². The van der Waals surface area contributed by atoms with Crippen LogP contribution >= 0.6 is 0 Å². The molecule has 0 saturated heterocycles. The van der Waals surface area contributed by atoms with Gasteiger partial charge in [-0.1, -0.05) is 6.92 Å². The Morgan fingerprint density at radius 1 is 1.06 bits per heavy atom. The number of carbonyl (C=O) groups is 2. The number of aromatic nitrogens is 2. The molecule has 3 aromatic rings. The summed E-state index contributed by atoms with van der Waals surface area (Å²) in [5, 5.41) is 31.0. The van der Waals surface area contributed by atoms with Crippen molar-refractivity contribution in [2.75, 3.05) is 16.8 Å². The van der Waals surface area contributed by atoms with Crippen LogP contribution in [0.5, 0.6) is 5.75 Å². The zero-order valence-corrected chi connectivity index (χ0v) is 24.8. The zero-order valence-electron chi connectivity index (χ0n) is 24.8. The van der Waals surface area contributed by atoms with Crippen LogP contribution in [0.25, 0.3) is 0 Å². The number of nitrogens with zero attached hydrogens (tertiary/aromatic N) is 4. The quantitative estimate of drug-likeness (QED) is 0.140. The maximum atomic E-state index is 13.7. The second-order valence-electron chi connectivity index (χ2n) is 10.8. The summed E-state index contributed by atoms with van der Waals surface area (Å²) in [6, 6.07) is 5.76. The number of nitriles is 1. The number of ether oxygens (including phenoxy) is 1. The van der Waals surface area contributed by atoms with Crippen molar-refractivity contribution in [1.29, 1.82) is 5.26 Å². The van der Waals surface area contributed by atoms with Crippen LogP contribution < -0.4 is 15.0 Å². The summed E-state index contributed by atoms with van der Waals surface area (Å²) in [5.74, 6) is -1.04. The fraction of sp³-hybridized carbons (Fsp3) is 0.387. The third kappa shape index (κ3) is 8.60. The largest absolute Gasteiger partial charge is 0.490 e. The standard InChI is InChI=1S/C31H29F6N5O5/c1-2-21-14-23(22-13-19(30(32,33)34)6-7-25(22)42(21)29(45)46)40-28-39-16-26(47-8-4-3-5-27(43)44)24(41-28)12-17-9-18(15-38)11-20(10-17)31(35,36)37/h6-7,9-11,13,16,21,23H,2-5,8,12,14H2,1H3,(H,43,44)(H,45,46)(H,39,40,41)/t21-,23+/m1/s1. The van der Waals surface area contributed by atoms with E-state index in [1.54, 1.807) is 13.0 Å². The number of benzene rings is 2. The van der Waals surface area contributed by atoms with Crippen LogP contribution in [0, 0.1) is 11.3 Å². The lowest BCUT2D eigenvalue weighted by atomic mass is 9.89. The smallest absolute Gasteiger partial charge is 0.416 e. The van der Waals surface area contributed by atoms with Gasteiger partial charge >= 0.3 is 24.4 Å². The Morgan fingerprint density at radius 3 is 2.40 bits per heavy atom. The number of unbranched alkanes of at least 4 members (excludes halogenated alkanes) is 1. The second-order valence-corrected chi connectivity index (χ2v) is 10.8. The monoisotopic (exact) mass is 665 g/mol. The van der Waals surface area contributed by atoms with Crippen molar-refractivity contribution >= 4 is 23.7 Å². The molecule has 16 heteroatoms. The highest BCUT2D eigenvalue weighted by atomic mass is 19.4. The number of nitrogens with one attached hydrogen (secondary N) is 1. The molecule has 0 fully saturated rings. The predicted molar refractivity (Wildman–Crippen MR) is 155 cm³/mol. The SMILES string of the molecule is CC[C@@H]1C[C@H](Nc2ncc(OCCCCC(=O)O)c(Cc3cc(C#N)cc(C(F)(F)F)c3)n2)c2cc(C(F)(F)F)ccc2N1C(=O)O. The van der Waals surface area contributed by atoms with Crippen molar-refractivity contribution in [2.45, 2.75) is 69.9 Å². The van der Waals surface area contributed by atoms with Gasteiger partial charge in [0.15, 0.2) is 5.75 Å². The Bertz CT molecular complexity index is 1670. The van der Waals surface area contributed by atoms with E-state index < -0.39 is 47.6 Å². The molecule has 0 radical (unpaired) electrons. The Kier molecular flexibility index (Phi) is 10.5. The lowest BCUT2D eigenvalue weighted by molar-refractivity contribution is -0.138. The van der Waals surface area contributed by atoms with E-state index >= 15 is 0 Å². The molecular formula is C31H29F6N5O5. The minimum Gasteiger partial charge on any atom is -0.490 e. The highest BCUT2D eigenvalue weighted by Crippen LogP contribution is 2.43. The number of hydrogen-bond donors (Lipinski definition) is 3. The normalized spacial score (nSPS) is 16.3. The van der Waals surface area contributed by atoms with Gasteiger partial charge in [-0.05, 0) is 73.2 Å². The fourth-order valence-corrected chi connectivity index (χ4v) is 5.33. The van der Waals surface area contributed by atoms with Gasteiger partial charge < -0.3 is 20.3 Å². The highest BCUT2D eigenvalue weighted by Gasteiger charge is 2.39. The molecule has 4 rings (SSSR count). The average Bonchev–Trinajstić information content (AvgIpc) is 2.99. The topological polar surface area (TPSA) is 149 Å². The molecule has 10 nitrogen and oxygen atoms in total. The second kappa shape index (κ2) is 14.1. The van der Waals surface area contributed by atoms with E-state index in [-0.39, 0.29) is 72.1 Å². The van der Waals surface area contributed by atoms with Gasteiger partial charge in [0.25, 0.3) is 0 Å². The number of rotatable bonds is 11. The maximum absolute atomic E-state index is 13.7. The van der Waals surface area contributed by atoms with Crippen molar-refractivity contribution in [1.82, 2.24) is 9.97 Å². The molecule has 1 aromatic heterocycles. The van der Waals surface area contributed by atoms with E-state index in [4.69, 9.17) is 9.84 Å². The van der Waals surface area contributed by atoms with Gasteiger partial charge in [0.05, 0.1) is 53.0 Å². The number of carboxylic acid groups (broad SMARTS) is 2. The number of aliphatic carboxylic acids is 1. The first kappa shape index (κ1) is 34.8. The number of carboxylic acids is 1. The molecule has 250 valence electrons. The molecular weight excluding hydrogens is 636 g/mol. The van der Waals surface area contributed by atoms with Crippen LogP contribution in [0.1, 0.15) is 78.6 Å². The molecule has 2 heterocycles. The lowest BCUT2D eigenvalue weighted by Crippen LogP contribution is -2.45. The Hall–Kier alpha value is -5.07. The molecule has 1 amide bonds. The molecule has 3 N–H and O–H groups in total. The van der Waals surface area contributed by atoms with Crippen LogP contribution in [-0.2, 0) is 23.6 Å². The molecule has 47 heavy (non-hydrogen) atoms. The lowest BCUT2D eigenvalue weighted by Gasteiger charge is -2.39. The van der Waals surface area contributed by atoms with Crippen LogP contribution in [0.2, 0.25) is 0 Å². The van der Waals surface area contributed by atoms with Crippen molar-refractivity contribution in [2.24, 2.45) is 0 Å². The first-order valence-electron chi connectivity index (χ1n) is 14.4. The predicted octanol–water partition coefficient (Wildman–Crippen LogP) is 7.43. The summed E-state index contributed by atoms with van der Waals surface area (Å²) in [4.78, 5) is 32.6. The van der Waals surface area contributed by atoms with Gasteiger partial charge in [0.1, 0.15) is 0 Å². The average molecular weight is 666 g/mol. The van der Waals surface area contributed by atoms with Gasteiger partial charge in [-0.25, -0.2) is 14.8 Å². The molecule has 1 aliphatic rings. The Balaban J connectivity index is 1.73. The number of halogens is 6. The summed E-state index contributed by atoms with van der Waals surface area (Å²) in [6.07, 6.45) is -8.92. The van der Waals surface area contributed by atoms with Crippen molar-refractivity contribution in [3.63, 3.8) is 0 Å². The summed E-state index contributed by atoms with van der Waals surface area (Å²) in [6.45, 7) is 1.76. The van der Waals surface area contributed by atoms with Gasteiger partial charge in [-0.2, -0.15) is 31.6 Å². The molecule has 2 aromatic carbocycles. The van der Waals surface area contributed by atoms with Gasteiger partial charge in [-0.15, -0.1) is 0 Å². The van der Waals surface area contributed by atoms with Gasteiger partial charge in [0.2, 0.25) is 5.95 Å². The fourth-order valence-electron chi connectivity index (χ4n) is 5.33. The van der Waals surface area contributed by atoms with E-state index in [0.717, 1.165) is 29.2 Å². The molecule has 0 aliphatic carbocycles. The number of amides is 1. The Morgan fingerprint density at radius 2 is 1.79 bits per heavy atom. The van der Waals surface area contributed by atoms with Crippen molar-refractivity contribution < 1.29 is 50.9 Å². The number of anilines is 2. The number of hydrogen-bond acceptors (Lipinski definition) is 7. The highest BCUT2D eigenvalue weighted by molar-refractivity contribution is 5.89. The molecule has 0 bridgehead atoms. The van der Waals surface area contributed by atoms with E-state index in [1.165, 1.54) is 12.3 Å². The van der Waals surface area contributed by atoms with Gasteiger partial charge in [-0.3, -0.25) is 9.69 Å². The molecule has 0 spiro atoms. The molecule has 0 unspecified atom stereocenters. The summed E-state index contributed by atoms with van der Waals surface area (Å²) in [5.41, 5.74) is -2.05. The minimum atomic E-state index is -4.74. The maximum Gasteiger partial charge on any atom is 0.416 e. The first-order chi connectivity index (χ1) is 22.1. The molecule has 2 atom stereocenters. The zero-order chi connectivity index (χ0) is 34.5. The van der Waals surface area contributed by atoms with Crippen LogP contribution in [0.4, 0.5) is 42.8 Å². The minimum absolute atomic E-state index is 0.0296.